The van der Waals surface area contributed by atoms with E-state index < -0.39 is 0 Å². The first-order valence-electron chi connectivity index (χ1n) is 4.96. The fraction of sp³-hybridized carbons (Fsp3) is 0.800. The third-order valence-electron chi connectivity index (χ3n) is 2.37. The van der Waals surface area contributed by atoms with Gasteiger partial charge in [-0.1, -0.05) is 19.8 Å². The molecule has 0 aliphatic carbocycles. The van der Waals surface area contributed by atoms with Crippen molar-refractivity contribution in [3.05, 3.63) is 0 Å². The molecule has 13 heavy (non-hydrogen) atoms. The van der Waals surface area contributed by atoms with Crippen molar-refractivity contribution in [2.75, 3.05) is 0 Å². The molecule has 1 saturated heterocycles. The summed E-state index contributed by atoms with van der Waals surface area (Å²) >= 11 is 0. The van der Waals surface area contributed by atoms with Crippen LogP contribution in [-0.2, 0) is 14.3 Å². The van der Waals surface area contributed by atoms with E-state index >= 15 is 0 Å². The Labute approximate surface area is 78.5 Å². The van der Waals surface area contributed by atoms with Crippen LogP contribution in [0.15, 0.2) is 0 Å². The zero-order chi connectivity index (χ0) is 9.68. The standard InChI is InChI=1S/C10H16O3/c1-2-4-8-5-3-6-9(11)13-10(12)7-8/h8H,2-7H2,1H3. The first kappa shape index (κ1) is 10.2. The molecular weight excluding hydrogens is 168 g/mol. The highest BCUT2D eigenvalue weighted by Crippen LogP contribution is 2.21. The number of rotatable bonds is 2. The molecule has 1 aliphatic rings. The molecule has 0 amide bonds. The van der Waals surface area contributed by atoms with Gasteiger partial charge in [-0.05, 0) is 18.8 Å². The second-order valence-electron chi connectivity index (χ2n) is 3.60. The van der Waals surface area contributed by atoms with E-state index in [4.69, 9.17) is 0 Å². The zero-order valence-electron chi connectivity index (χ0n) is 8.04. The molecule has 0 bridgehead atoms. The van der Waals surface area contributed by atoms with Gasteiger partial charge in [0.25, 0.3) is 0 Å². The van der Waals surface area contributed by atoms with E-state index in [-0.39, 0.29) is 11.9 Å². The summed E-state index contributed by atoms with van der Waals surface area (Å²) in [5.41, 5.74) is 0. The quantitative estimate of drug-likeness (QED) is 0.487. The fourth-order valence-corrected chi connectivity index (χ4v) is 1.75. The monoisotopic (exact) mass is 184 g/mol. The summed E-state index contributed by atoms with van der Waals surface area (Å²) in [5.74, 6) is -0.284. The Kier molecular flexibility index (Phi) is 3.93. The highest BCUT2D eigenvalue weighted by atomic mass is 16.6. The molecule has 0 aromatic carbocycles. The summed E-state index contributed by atoms with van der Waals surface area (Å²) in [4.78, 5) is 22.0. The van der Waals surface area contributed by atoms with Gasteiger partial charge in [0.2, 0.25) is 0 Å². The lowest BCUT2D eigenvalue weighted by Crippen LogP contribution is -2.19. The van der Waals surface area contributed by atoms with Crippen molar-refractivity contribution in [2.45, 2.75) is 45.4 Å². The minimum absolute atomic E-state index is 0.344. The molecule has 1 atom stereocenters. The average Bonchev–Trinajstić information content (AvgIpc) is 2.01. The Morgan fingerprint density at radius 2 is 2.15 bits per heavy atom. The first-order chi connectivity index (χ1) is 6.22. The van der Waals surface area contributed by atoms with E-state index in [2.05, 4.69) is 11.7 Å². The molecule has 0 saturated carbocycles. The maximum Gasteiger partial charge on any atom is 0.313 e. The van der Waals surface area contributed by atoms with E-state index in [0.717, 1.165) is 25.7 Å². The van der Waals surface area contributed by atoms with Crippen molar-refractivity contribution in [1.29, 1.82) is 0 Å². The van der Waals surface area contributed by atoms with Crippen molar-refractivity contribution in [3.63, 3.8) is 0 Å². The Morgan fingerprint density at radius 1 is 1.38 bits per heavy atom. The summed E-state index contributed by atoms with van der Waals surface area (Å²) in [6.45, 7) is 2.11. The number of esters is 2. The van der Waals surface area contributed by atoms with Gasteiger partial charge in [0.1, 0.15) is 0 Å². The van der Waals surface area contributed by atoms with E-state index in [9.17, 15) is 9.59 Å². The lowest BCUT2D eigenvalue weighted by molar-refractivity contribution is -0.161. The number of ether oxygens (including phenoxy) is 1. The van der Waals surface area contributed by atoms with Crippen molar-refractivity contribution in [3.8, 4) is 0 Å². The summed E-state index contributed by atoms with van der Waals surface area (Å²) in [7, 11) is 0. The molecule has 0 radical (unpaired) electrons. The van der Waals surface area contributed by atoms with Crippen LogP contribution >= 0.6 is 0 Å². The minimum atomic E-state index is -0.361. The molecular formula is C10H16O3. The van der Waals surface area contributed by atoms with Gasteiger partial charge in [0, 0.05) is 12.8 Å². The molecule has 0 aromatic rings. The lowest BCUT2D eigenvalue weighted by atomic mass is 9.93. The van der Waals surface area contributed by atoms with Crippen LogP contribution in [0, 0.1) is 5.92 Å². The highest BCUT2D eigenvalue weighted by molar-refractivity contribution is 5.85. The number of cyclic esters (lactones) is 2. The van der Waals surface area contributed by atoms with Gasteiger partial charge in [-0.2, -0.15) is 0 Å². The molecule has 3 heteroatoms. The smallest absolute Gasteiger partial charge is 0.313 e. The van der Waals surface area contributed by atoms with E-state index in [1.54, 1.807) is 0 Å². The Bertz CT molecular complexity index is 198. The number of hydrogen-bond acceptors (Lipinski definition) is 3. The SMILES string of the molecule is CCCC1CCCC(=O)OC(=O)C1. The van der Waals surface area contributed by atoms with Gasteiger partial charge in [0.05, 0.1) is 0 Å². The van der Waals surface area contributed by atoms with Crippen molar-refractivity contribution < 1.29 is 14.3 Å². The summed E-state index contributed by atoms with van der Waals surface area (Å²) < 4.78 is 4.59. The largest absolute Gasteiger partial charge is 0.393 e. The highest BCUT2D eigenvalue weighted by Gasteiger charge is 2.20. The topological polar surface area (TPSA) is 43.4 Å². The van der Waals surface area contributed by atoms with Crippen molar-refractivity contribution in [1.82, 2.24) is 0 Å². The molecule has 1 heterocycles. The molecule has 3 nitrogen and oxygen atoms in total. The second kappa shape index (κ2) is 5.00. The molecule has 74 valence electrons. The van der Waals surface area contributed by atoms with Crippen LogP contribution in [0.25, 0.3) is 0 Å². The van der Waals surface area contributed by atoms with Crippen LogP contribution in [0.1, 0.15) is 45.4 Å². The van der Waals surface area contributed by atoms with E-state index in [1.807, 2.05) is 0 Å². The van der Waals surface area contributed by atoms with Crippen LogP contribution in [0.5, 0.6) is 0 Å². The third-order valence-corrected chi connectivity index (χ3v) is 2.37. The summed E-state index contributed by atoms with van der Waals surface area (Å²) in [6.07, 6.45) is 4.80. The molecule has 0 N–H and O–H groups in total. The summed E-state index contributed by atoms with van der Waals surface area (Å²) in [6, 6.07) is 0. The number of hydrogen-bond donors (Lipinski definition) is 0. The van der Waals surface area contributed by atoms with Crippen molar-refractivity contribution in [2.24, 2.45) is 5.92 Å². The fourth-order valence-electron chi connectivity index (χ4n) is 1.75. The molecule has 1 aliphatic heterocycles. The number of carbonyl (C=O) groups excluding carboxylic acids is 2. The maximum atomic E-state index is 11.1. The Hall–Kier alpha value is -0.860. The average molecular weight is 184 g/mol. The van der Waals surface area contributed by atoms with E-state index in [1.165, 1.54) is 0 Å². The van der Waals surface area contributed by atoms with Crippen LogP contribution < -0.4 is 0 Å². The zero-order valence-corrected chi connectivity index (χ0v) is 8.04. The van der Waals surface area contributed by atoms with E-state index in [0.29, 0.717) is 18.8 Å². The summed E-state index contributed by atoms with van der Waals surface area (Å²) in [5, 5.41) is 0. The maximum absolute atomic E-state index is 11.1. The second-order valence-corrected chi connectivity index (χ2v) is 3.60. The third kappa shape index (κ3) is 3.57. The molecule has 0 aromatic heterocycles. The Morgan fingerprint density at radius 3 is 2.85 bits per heavy atom. The van der Waals surface area contributed by atoms with Crippen molar-refractivity contribution >= 4 is 11.9 Å². The Balaban J connectivity index is 2.44. The van der Waals surface area contributed by atoms with Gasteiger partial charge in [-0.25, -0.2) is 0 Å². The van der Waals surface area contributed by atoms with Gasteiger partial charge in [-0.3, -0.25) is 9.59 Å². The van der Waals surface area contributed by atoms with Crippen LogP contribution in [-0.4, -0.2) is 11.9 Å². The van der Waals surface area contributed by atoms with Gasteiger partial charge >= 0.3 is 11.9 Å². The van der Waals surface area contributed by atoms with Gasteiger partial charge < -0.3 is 4.74 Å². The minimum Gasteiger partial charge on any atom is -0.393 e. The normalized spacial score (nSPS) is 24.8. The number of carbonyl (C=O) groups is 2. The van der Waals surface area contributed by atoms with Gasteiger partial charge in [0.15, 0.2) is 0 Å². The molecule has 1 unspecified atom stereocenters. The molecule has 1 fully saturated rings. The molecule has 0 spiro atoms. The predicted molar refractivity (Wildman–Crippen MR) is 48.0 cm³/mol. The first-order valence-corrected chi connectivity index (χ1v) is 4.96. The van der Waals surface area contributed by atoms with Crippen LogP contribution in [0.4, 0.5) is 0 Å². The van der Waals surface area contributed by atoms with Crippen LogP contribution in [0.2, 0.25) is 0 Å². The van der Waals surface area contributed by atoms with Crippen LogP contribution in [0.3, 0.4) is 0 Å². The molecule has 1 rings (SSSR count). The lowest BCUT2D eigenvalue weighted by Gasteiger charge is -2.17. The van der Waals surface area contributed by atoms with Gasteiger partial charge in [-0.15, -0.1) is 0 Å². The predicted octanol–water partition coefficient (Wildman–Crippen LogP) is 2.05.